The molecule has 2 rings (SSSR count). The van der Waals surface area contributed by atoms with Crippen LogP contribution in [0, 0.1) is 6.92 Å². The van der Waals surface area contributed by atoms with Crippen molar-refractivity contribution in [1.29, 1.82) is 0 Å². The number of nitrogens with zero attached hydrogens (tertiary/aromatic N) is 3. The van der Waals surface area contributed by atoms with Crippen molar-refractivity contribution in [3.63, 3.8) is 0 Å². The van der Waals surface area contributed by atoms with Gasteiger partial charge in [-0.1, -0.05) is 17.4 Å². The quantitative estimate of drug-likeness (QED) is 0.773. The molecular formula is C10H10ClN3S. The molecule has 2 heterocycles. The van der Waals surface area contributed by atoms with Gasteiger partial charge in [0.2, 0.25) is 0 Å². The van der Waals surface area contributed by atoms with Crippen molar-refractivity contribution in [3.05, 3.63) is 28.9 Å². The topological polar surface area (TPSA) is 38.7 Å². The summed E-state index contributed by atoms with van der Waals surface area (Å²) >= 11 is 7.20. The summed E-state index contributed by atoms with van der Waals surface area (Å²) in [4.78, 5) is 4.30. The molecule has 3 nitrogen and oxygen atoms in total. The van der Waals surface area contributed by atoms with Crippen molar-refractivity contribution < 1.29 is 0 Å². The fourth-order valence-electron chi connectivity index (χ4n) is 1.24. The van der Waals surface area contributed by atoms with E-state index in [2.05, 4.69) is 15.2 Å². The molecule has 0 radical (unpaired) electrons. The predicted octanol–water partition coefficient (Wildman–Crippen LogP) is 2.69. The minimum atomic E-state index is 0.579. The standard InChI is InChI=1S/C10H10ClN3S/c1-7-3-2-6-12-9(7)10-14-13-8(15-10)4-5-11/h2-3,6H,4-5H2,1H3. The van der Waals surface area contributed by atoms with E-state index in [-0.39, 0.29) is 0 Å². The molecule has 0 saturated heterocycles. The molecule has 0 aromatic carbocycles. The van der Waals surface area contributed by atoms with Gasteiger partial charge >= 0.3 is 0 Å². The van der Waals surface area contributed by atoms with E-state index < -0.39 is 0 Å². The Morgan fingerprint density at radius 3 is 3.00 bits per heavy atom. The minimum absolute atomic E-state index is 0.579. The number of aryl methyl sites for hydroxylation is 2. The molecule has 0 unspecified atom stereocenters. The third-order valence-corrected chi connectivity index (χ3v) is 3.17. The summed E-state index contributed by atoms with van der Waals surface area (Å²) in [5.41, 5.74) is 2.03. The van der Waals surface area contributed by atoms with Crippen molar-refractivity contribution in [3.8, 4) is 10.7 Å². The zero-order chi connectivity index (χ0) is 10.7. The fraction of sp³-hybridized carbons (Fsp3) is 0.300. The number of pyridine rings is 1. The summed E-state index contributed by atoms with van der Waals surface area (Å²) < 4.78 is 0. The van der Waals surface area contributed by atoms with E-state index in [0.717, 1.165) is 27.7 Å². The van der Waals surface area contributed by atoms with Crippen molar-refractivity contribution in [1.82, 2.24) is 15.2 Å². The predicted molar refractivity (Wildman–Crippen MR) is 62.3 cm³/mol. The third kappa shape index (κ3) is 2.33. The van der Waals surface area contributed by atoms with E-state index in [9.17, 15) is 0 Å². The highest BCUT2D eigenvalue weighted by molar-refractivity contribution is 7.14. The highest BCUT2D eigenvalue weighted by atomic mass is 35.5. The zero-order valence-corrected chi connectivity index (χ0v) is 9.85. The Balaban J connectivity index is 2.33. The smallest absolute Gasteiger partial charge is 0.166 e. The molecule has 78 valence electrons. The molecule has 5 heteroatoms. The van der Waals surface area contributed by atoms with Gasteiger partial charge in [-0.3, -0.25) is 4.98 Å². The first-order chi connectivity index (χ1) is 7.31. The number of rotatable bonds is 3. The number of hydrogen-bond acceptors (Lipinski definition) is 4. The SMILES string of the molecule is Cc1cccnc1-c1nnc(CCCl)s1. The van der Waals surface area contributed by atoms with E-state index in [4.69, 9.17) is 11.6 Å². The van der Waals surface area contributed by atoms with Gasteiger partial charge in [0, 0.05) is 18.5 Å². The monoisotopic (exact) mass is 239 g/mol. The molecule has 2 aromatic rings. The second-order valence-corrected chi connectivity index (χ2v) is 4.55. The number of hydrogen-bond donors (Lipinski definition) is 0. The number of alkyl halides is 1. The van der Waals surface area contributed by atoms with Gasteiger partial charge in [-0.2, -0.15) is 0 Å². The second-order valence-electron chi connectivity index (χ2n) is 3.11. The Morgan fingerprint density at radius 1 is 1.40 bits per heavy atom. The summed E-state index contributed by atoms with van der Waals surface area (Å²) in [5, 5.41) is 10.0. The van der Waals surface area contributed by atoms with E-state index >= 15 is 0 Å². The normalized spacial score (nSPS) is 10.5. The Bertz CT molecular complexity index is 455. The highest BCUT2D eigenvalue weighted by Crippen LogP contribution is 2.24. The summed E-state index contributed by atoms with van der Waals surface area (Å²) in [6, 6.07) is 3.94. The van der Waals surface area contributed by atoms with Crippen molar-refractivity contribution in [2.45, 2.75) is 13.3 Å². The first-order valence-electron chi connectivity index (χ1n) is 4.61. The van der Waals surface area contributed by atoms with Crippen LogP contribution in [0.5, 0.6) is 0 Å². The molecule has 0 amide bonds. The molecule has 0 aliphatic heterocycles. The lowest BCUT2D eigenvalue weighted by Crippen LogP contribution is -1.86. The van der Waals surface area contributed by atoms with Gasteiger partial charge in [0.25, 0.3) is 0 Å². The van der Waals surface area contributed by atoms with Gasteiger partial charge < -0.3 is 0 Å². The number of aromatic nitrogens is 3. The van der Waals surface area contributed by atoms with E-state index in [0.29, 0.717) is 5.88 Å². The summed E-state index contributed by atoms with van der Waals surface area (Å²) in [6.07, 6.45) is 2.54. The van der Waals surface area contributed by atoms with Crippen LogP contribution in [0.1, 0.15) is 10.6 Å². The van der Waals surface area contributed by atoms with E-state index in [1.165, 1.54) is 0 Å². The Labute approximate surface area is 97.2 Å². The van der Waals surface area contributed by atoms with Crippen LogP contribution in [0.3, 0.4) is 0 Å². The lowest BCUT2D eigenvalue weighted by atomic mass is 10.2. The lowest BCUT2D eigenvalue weighted by molar-refractivity contribution is 0.986. The van der Waals surface area contributed by atoms with Gasteiger partial charge in [-0.15, -0.1) is 21.8 Å². The van der Waals surface area contributed by atoms with Crippen LogP contribution in [0.4, 0.5) is 0 Å². The minimum Gasteiger partial charge on any atom is -0.253 e. The maximum Gasteiger partial charge on any atom is 0.166 e. The van der Waals surface area contributed by atoms with Crippen molar-refractivity contribution in [2.24, 2.45) is 0 Å². The first-order valence-corrected chi connectivity index (χ1v) is 5.96. The Morgan fingerprint density at radius 2 is 2.27 bits per heavy atom. The van der Waals surface area contributed by atoms with E-state index in [1.54, 1.807) is 17.5 Å². The van der Waals surface area contributed by atoms with Crippen LogP contribution < -0.4 is 0 Å². The van der Waals surface area contributed by atoms with Crippen LogP contribution >= 0.6 is 22.9 Å². The first kappa shape index (κ1) is 10.5. The molecule has 0 bridgehead atoms. The van der Waals surface area contributed by atoms with Gasteiger partial charge in [-0.25, -0.2) is 0 Å². The van der Waals surface area contributed by atoms with Crippen LogP contribution in [-0.4, -0.2) is 21.1 Å². The molecule has 0 fully saturated rings. The molecule has 0 spiro atoms. The average Bonchev–Trinajstić information content (AvgIpc) is 2.68. The second kappa shape index (κ2) is 4.68. The van der Waals surface area contributed by atoms with Crippen LogP contribution in [-0.2, 0) is 6.42 Å². The summed E-state index contributed by atoms with van der Waals surface area (Å²) in [5.74, 6) is 0.579. The van der Waals surface area contributed by atoms with Crippen LogP contribution in [0.15, 0.2) is 18.3 Å². The molecule has 15 heavy (non-hydrogen) atoms. The average molecular weight is 240 g/mol. The highest BCUT2D eigenvalue weighted by Gasteiger charge is 2.09. The Hall–Kier alpha value is -1.000. The number of halogens is 1. The van der Waals surface area contributed by atoms with Crippen LogP contribution in [0.2, 0.25) is 0 Å². The van der Waals surface area contributed by atoms with Gasteiger partial charge in [0.15, 0.2) is 5.01 Å². The molecule has 0 atom stereocenters. The molecular weight excluding hydrogens is 230 g/mol. The lowest BCUT2D eigenvalue weighted by Gasteiger charge is -1.97. The molecule has 2 aromatic heterocycles. The molecule has 0 aliphatic rings. The Kier molecular flexibility index (Phi) is 3.28. The third-order valence-electron chi connectivity index (χ3n) is 1.99. The molecule has 0 aliphatic carbocycles. The van der Waals surface area contributed by atoms with Gasteiger partial charge in [0.1, 0.15) is 10.7 Å². The summed E-state index contributed by atoms with van der Waals surface area (Å²) in [7, 11) is 0. The van der Waals surface area contributed by atoms with Gasteiger partial charge in [-0.05, 0) is 18.6 Å². The maximum absolute atomic E-state index is 5.65. The van der Waals surface area contributed by atoms with Gasteiger partial charge in [0.05, 0.1) is 0 Å². The van der Waals surface area contributed by atoms with Crippen molar-refractivity contribution in [2.75, 3.05) is 5.88 Å². The molecule has 0 saturated carbocycles. The van der Waals surface area contributed by atoms with E-state index in [1.807, 2.05) is 19.1 Å². The van der Waals surface area contributed by atoms with Crippen LogP contribution in [0.25, 0.3) is 10.7 Å². The van der Waals surface area contributed by atoms with Crippen molar-refractivity contribution >= 4 is 22.9 Å². The zero-order valence-electron chi connectivity index (χ0n) is 8.27. The summed E-state index contributed by atoms with van der Waals surface area (Å²) in [6.45, 7) is 2.02. The fourth-order valence-corrected chi connectivity index (χ4v) is 2.43. The largest absolute Gasteiger partial charge is 0.253 e. The molecule has 0 N–H and O–H groups in total. The maximum atomic E-state index is 5.65.